The van der Waals surface area contributed by atoms with Gasteiger partial charge in [-0.1, -0.05) is 19.4 Å². The summed E-state index contributed by atoms with van der Waals surface area (Å²) in [4.78, 5) is 13.5. The first-order valence-electron chi connectivity index (χ1n) is 6.65. The van der Waals surface area contributed by atoms with Crippen molar-refractivity contribution in [3.8, 4) is 0 Å². The summed E-state index contributed by atoms with van der Waals surface area (Å²) in [6, 6.07) is 3.40. The fourth-order valence-electron chi connectivity index (χ4n) is 1.79. The molecule has 0 aliphatic carbocycles. The van der Waals surface area contributed by atoms with Crippen LogP contribution in [0.25, 0.3) is 0 Å². The third-order valence-corrected chi connectivity index (χ3v) is 2.84. The molecule has 0 heterocycles. The number of rotatable bonds is 8. The number of nitrogens with zero attached hydrogens (tertiary/aromatic N) is 1. The van der Waals surface area contributed by atoms with E-state index in [4.69, 9.17) is 5.11 Å². The summed E-state index contributed by atoms with van der Waals surface area (Å²) < 4.78 is 26.8. The zero-order valence-corrected chi connectivity index (χ0v) is 11.5. The highest BCUT2D eigenvalue weighted by Gasteiger charge is 2.14. The van der Waals surface area contributed by atoms with Gasteiger partial charge < -0.3 is 10.4 Å². The molecule has 1 amide bonds. The Bertz CT molecular complexity index is 421. The van der Waals surface area contributed by atoms with Gasteiger partial charge in [0.15, 0.2) is 0 Å². The van der Waals surface area contributed by atoms with Crippen molar-refractivity contribution in [2.24, 2.45) is 0 Å². The average molecular weight is 286 g/mol. The third-order valence-electron chi connectivity index (χ3n) is 2.84. The van der Waals surface area contributed by atoms with Crippen molar-refractivity contribution in [1.82, 2.24) is 4.90 Å². The fraction of sp³-hybridized carbons (Fsp3) is 0.500. The van der Waals surface area contributed by atoms with Crippen molar-refractivity contribution in [1.29, 1.82) is 0 Å². The Balaban J connectivity index is 2.61. The number of halogens is 2. The lowest BCUT2D eigenvalue weighted by Gasteiger charge is -2.20. The van der Waals surface area contributed by atoms with Gasteiger partial charge in [-0.15, -0.1) is 0 Å². The predicted octanol–water partition coefficient (Wildman–Crippen LogP) is 2.00. The molecule has 6 heteroatoms. The highest BCUT2D eigenvalue weighted by Crippen LogP contribution is 2.17. The van der Waals surface area contributed by atoms with Crippen LogP contribution >= 0.6 is 0 Å². The Labute approximate surface area is 117 Å². The van der Waals surface area contributed by atoms with E-state index in [0.717, 1.165) is 25.0 Å². The van der Waals surface area contributed by atoms with Gasteiger partial charge in [0, 0.05) is 6.54 Å². The van der Waals surface area contributed by atoms with Crippen LogP contribution < -0.4 is 5.32 Å². The maximum absolute atomic E-state index is 13.4. The number of para-hydroxylation sites is 1. The van der Waals surface area contributed by atoms with E-state index in [9.17, 15) is 13.6 Å². The van der Waals surface area contributed by atoms with Gasteiger partial charge in [-0.3, -0.25) is 9.69 Å². The molecule has 112 valence electrons. The van der Waals surface area contributed by atoms with Crippen molar-refractivity contribution in [2.45, 2.75) is 19.8 Å². The number of unbranched alkanes of at least 4 members (excludes halogenated alkanes) is 1. The van der Waals surface area contributed by atoms with Gasteiger partial charge in [0.25, 0.3) is 0 Å². The number of hydrogen-bond acceptors (Lipinski definition) is 3. The van der Waals surface area contributed by atoms with Crippen molar-refractivity contribution in [3.63, 3.8) is 0 Å². The summed E-state index contributed by atoms with van der Waals surface area (Å²) in [6.07, 6.45) is 1.85. The molecule has 4 nitrogen and oxygen atoms in total. The van der Waals surface area contributed by atoms with Crippen LogP contribution in [0, 0.1) is 11.6 Å². The van der Waals surface area contributed by atoms with Crippen LogP contribution in [0.4, 0.5) is 14.5 Å². The Hall–Kier alpha value is -1.53. The Morgan fingerprint density at radius 2 is 1.95 bits per heavy atom. The Kier molecular flexibility index (Phi) is 7.11. The lowest BCUT2D eigenvalue weighted by Crippen LogP contribution is -2.36. The first-order chi connectivity index (χ1) is 9.58. The van der Waals surface area contributed by atoms with Gasteiger partial charge in [-0.05, 0) is 25.1 Å². The summed E-state index contributed by atoms with van der Waals surface area (Å²) in [5.41, 5.74) is -0.433. The third kappa shape index (κ3) is 5.22. The zero-order valence-electron chi connectivity index (χ0n) is 11.5. The summed E-state index contributed by atoms with van der Waals surface area (Å²) >= 11 is 0. The summed E-state index contributed by atoms with van der Waals surface area (Å²) in [5, 5.41) is 11.2. The van der Waals surface area contributed by atoms with E-state index in [2.05, 4.69) is 5.32 Å². The number of nitrogens with one attached hydrogen (secondary N) is 1. The second-order valence-corrected chi connectivity index (χ2v) is 4.50. The van der Waals surface area contributed by atoms with Gasteiger partial charge in [-0.2, -0.15) is 0 Å². The Morgan fingerprint density at radius 1 is 1.30 bits per heavy atom. The molecular formula is C14H20F2N2O2. The number of aliphatic hydroxyl groups is 1. The number of anilines is 1. The van der Waals surface area contributed by atoms with E-state index in [1.807, 2.05) is 6.92 Å². The molecule has 0 saturated heterocycles. The Morgan fingerprint density at radius 3 is 2.50 bits per heavy atom. The number of carbonyl (C=O) groups is 1. The van der Waals surface area contributed by atoms with Crippen LogP contribution in [-0.4, -0.2) is 42.2 Å². The van der Waals surface area contributed by atoms with E-state index in [1.54, 1.807) is 4.90 Å². The predicted molar refractivity (Wildman–Crippen MR) is 73.4 cm³/mol. The van der Waals surface area contributed by atoms with Gasteiger partial charge in [0.2, 0.25) is 5.91 Å². The van der Waals surface area contributed by atoms with Gasteiger partial charge >= 0.3 is 0 Å². The first kappa shape index (κ1) is 16.5. The molecular weight excluding hydrogens is 266 g/mol. The van der Waals surface area contributed by atoms with Crippen LogP contribution in [0.2, 0.25) is 0 Å². The molecule has 0 unspecified atom stereocenters. The highest BCUT2D eigenvalue weighted by molar-refractivity contribution is 5.92. The van der Waals surface area contributed by atoms with E-state index in [0.29, 0.717) is 13.1 Å². The standard InChI is InChI=1S/C14H20F2N2O2/c1-2-3-7-18(8-9-19)10-13(20)17-14-11(15)5-4-6-12(14)16/h4-6,19H,2-3,7-10H2,1H3,(H,17,20). The molecule has 1 aromatic rings. The summed E-state index contributed by atoms with van der Waals surface area (Å²) in [7, 11) is 0. The quantitative estimate of drug-likeness (QED) is 0.768. The molecule has 1 aromatic carbocycles. The van der Waals surface area contributed by atoms with Crippen LogP contribution in [0.15, 0.2) is 18.2 Å². The molecule has 2 N–H and O–H groups in total. The van der Waals surface area contributed by atoms with Gasteiger partial charge in [0.05, 0.1) is 13.2 Å². The minimum atomic E-state index is -0.805. The van der Waals surface area contributed by atoms with Gasteiger partial charge in [0.1, 0.15) is 17.3 Å². The van der Waals surface area contributed by atoms with Crippen molar-refractivity contribution >= 4 is 11.6 Å². The molecule has 0 bridgehead atoms. The topological polar surface area (TPSA) is 52.6 Å². The number of carbonyl (C=O) groups excluding carboxylic acids is 1. The van der Waals surface area contributed by atoms with Crippen molar-refractivity contribution in [3.05, 3.63) is 29.8 Å². The van der Waals surface area contributed by atoms with E-state index >= 15 is 0 Å². The first-order valence-corrected chi connectivity index (χ1v) is 6.65. The number of hydrogen-bond donors (Lipinski definition) is 2. The number of aliphatic hydroxyl groups excluding tert-OH is 1. The minimum absolute atomic E-state index is 0.00562. The number of amides is 1. The molecule has 0 saturated carbocycles. The van der Waals surface area contributed by atoms with E-state index in [1.165, 1.54) is 6.07 Å². The monoisotopic (exact) mass is 286 g/mol. The zero-order chi connectivity index (χ0) is 15.0. The molecule has 0 fully saturated rings. The molecule has 0 aliphatic rings. The second-order valence-electron chi connectivity index (χ2n) is 4.50. The van der Waals surface area contributed by atoms with E-state index in [-0.39, 0.29) is 13.2 Å². The van der Waals surface area contributed by atoms with Crippen LogP contribution in [0.1, 0.15) is 19.8 Å². The minimum Gasteiger partial charge on any atom is -0.395 e. The largest absolute Gasteiger partial charge is 0.395 e. The van der Waals surface area contributed by atoms with Crippen molar-refractivity contribution in [2.75, 3.05) is 31.6 Å². The maximum Gasteiger partial charge on any atom is 0.238 e. The molecule has 0 atom stereocenters. The fourth-order valence-corrected chi connectivity index (χ4v) is 1.79. The lowest BCUT2D eigenvalue weighted by molar-refractivity contribution is -0.117. The summed E-state index contributed by atoms with van der Waals surface area (Å²) in [5.74, 6) is -2.11. The molecule has 0 spiro atoms. The molecule has 0 aliphatic heterocycles. The molecule has 0 aromatic heterocycles. The van der Waals surface area contributed by atoms with Gasteiger partial charge in [-0.25, -0.2) is 8.78 Å². The van der Waals surface area contributed by atoms with E-state index < -0.39 is 23.2 Å². The van der Waals surface area contributed by atoms with Crippen molar-refractivity contribution < 1.29 is 18.7 Å². The SMILES string of the molecule is CCCCN(CCO)CC(=O)Nc1c(F)cccc1F. The highest BCUT2D eigenvalue weighted by atomic mass is 19.1. The molecule has 20 heavy (non-hydrogen) atoms. The average Bonchev–Trinajstić information content (AvgIpc) is 2.40. The maximum atomic E-state index is 13.4. The molecule has 1 rings (SSSR count). The van der Waals surface area contributed by atoms with Crippen LogP contribution in [0.3, 0.4) is 0 Å². The lowest BCUT2D eigenvalue weighted by atomic mass is 10.2. The second kappa shape index (κ2) is 8.60. The molecule has 0 radical (unpaired) electrons. The normalized spacial score (nSPS) is 10.8. The smallest absolute Gasteiger partial charge is 0.238 e. The van der Waals surface area contributed by atoms with Crippen LogP contribution in [-0.2, 0) is 4.79 Å². The number of benzene rings is 1. The summed E-state index contributed by atoms with van der Waals surface area (Å²) in [6.45, 7) is 2.96. The van der Waals surface area contributed by atoms with Crippen LogP contribution in [0.5, 0.6) is 0 Å².